The summed E-state index contributed by atoms with van der Waals surface area (Å²) in [6.45, 7) is 4.24. The van der Waals surface area contributed by atoms with Gasteiger partial charge in [0, 0.05) is 18.4 Å². The van der Waals surface area contributed by atoms with E-state index in [4.69, 9.17) is 5.26 Å². The molecule has 2 bridgehead atoms. The summed E-state index contributed by atoms with van der Waals surface area (Å²) in [5.41, 5.74) is 0.328. The van der Waals surface area contributed by atoms with Gasteiger partial charge in [-0.25, -0.2) is 13.1 Å². The number of hydrogen-bond donors (Lipinski definition) is 1. The number of rotatable bonds is 5. The van der Waals surface area contributed by atoms with Crippen LogP contribution in [-0.4, -0.2) is 20.0 Å². The van der Waals surface area contributed by atoms with Crippen LogP contribution in [-0.2, 0) is 21.4 Å². The van der Waals surface area contributed by atoms with E-state index in [0.29, 0.717) is 24.3 Å². The third kappa shape index (κ3) is 2.66. The van der Waals surface area contributed by atoms with E-state index in [0.717, 1.165) is 12.0 Å². The number of Topliss-reactive ketones (excluding diaryl/α,β-unsaturated/α-hetero) is 1. The number of carbonyl (C=O) groups is 1. The van der Waals surface area contributed by atoms with Crippen molar-refractivity contribution in [3.05, 3.63) is 35.4 Å². The Labute approximate surface area is 143 Å². The van der Waals surface area contributed by atoms with Crippen LogP contribution in [0.25, 0.3) is 0 Å². The standard InChI is InChI=1S/C18H22N2O3S/c1-17(2)15-7-8-18(17,16(21)9-15)12-24(22,23)20-11-14-5-3-13(10-19)4-6-14/h3-6,15,20H,7-9,11-12H2,1-2H3/t15-,18+/m0/s1. The lowest BCUT2D eigenvalue weighted by Crippen LogP contribution is -2.45. The zero-order chi connectivity index (χ0) is 17.6. The fourth-order valence-electron chi connectivity index (χ4n) is 4.37. The molecule has 0 spiro atoms. The predicted octanol–water partition coefficient (Wildman–Crippen LogP) is 2.37. The molecule has 0 radical (unpaired) electrons. The van der Waals surface area contributed by atoms with Crippen LogP contribution >= 0.6 is 0 Å². The Hall–Kier alpha value is -1.71. The van der Waals surface area contributed by atoms with Crippen LogP contribution in [0.2, 0.25) is 0 Å². The van der Waals surface area contributed by atoms with E-state index < -0.39 is 15.4 Å². The lowest BCUT2D eigenvalue weighted by Gasteiger charge is -2.36. The Morgan fingerprint density at radius 1 is 1.29 bits per heavy atom. The zero-order valence-corrected chi connectivity index (χ0v) is 14.8. The molecule has 6 heteroatoms. The number of nitrogens with one attached hydrogen (secondary N) is 1. The van der Waals surface area contributed by atoms with Crippen molar-refractivity contribution in [1.29, 1.82) is 5.26 Å². The lowest BCUT2D eigenvalue weighted by atomic mass is 9.70. The van der Waals surface area contributed by atoms with Gasteiger partial charge in [-0.15, -0.1) is 0 Å². The Balaban J connectivity index is 1.72. The van der Waals surface area contributed by atoms with E-state index >= 15 is 0 Å². The molecule has 1 aromatic rings. The van der Waals surface area contributed by atoms with Crippen LogP contribution in [0.3, 0.4) is 0 Å². The first kappa shape index (κ1) is 17.1. The Bertz CT molecular complexity index is 806. The fourth-order valence-corrected chi connectivity index (χ4v) is 6.19. The summed E-state index contributed by atoms with van der Waals surface area (Å²) in [6, 6.07) is 8.81. The van der Waals surface area contributed by atoms with Crippen molar-refractivity contribution < 1.29 is 13.2 Å². The van der Waals surface area contributed by atoms with Crippen molar-refractivity contribution in [2.24, 2.45) is 16.7 Å². The number of sulfonamides is 1. The maximum Gasteiger partial charge on any atom is 0.212 e. The first-order valence-electron chi connectivity index (χ1n) is 8.20. The molecule has 0 unspecified atom stereocenters. The molecule has 5 nitrogen and oxygen atoms in total. The molecular formula is C18H22N2O3S. The normalized spacial score (nSPS) is 28.0. The minimum Gasteiger partial charge on any atom is -0.299 e. The number of nitriles is 1. The number of fused-ring (bicyclic) bond motifs is 2. The van der Waals surface area contributed by atoms with Gasteiger partial charge in [0.05, 0.1) is 17.4 Å². The molecular weight excluding hydrogens is 324 g/mol. The molecule has 0 saturated heterocycles. The molecule has 2 fully saturated rings. The highest BCUT2D eigenvalue weighted by atomic mass is 32.2. The number of hydrogen-bond acceptors (Lipinski definition) is 4. The van der Waals surface area contributed by atoms with Crippen LogP contribution in [0.5, 0.6) is 0 Å². The van der Waals surface area contributed by atoms with E-state index in [1.165, 1.54) is 0 Å². The van der Waals surface area contributed by atoms with Crippen molar-refractivity contribution in [2.45, 2.75) is 39.7 Å². The number of benzene rings is 1. The average Bonchev–Trinajstić information content (AvgIpc) is 2.87. The molecule has 2 atom stereocenters. The smallest absolute Gasteiger partial charge is 0.212 e. The first-order valence-corrected chi connectivity index (χ1v) is 9.85. The fraction of sp³-hybridized carbons (Fsp3) is 0.556. The molecule has 2 saturated carbocycles. The highest BCUT2D eigenvalue weighted by molar-refractivity contribution is 7.89. The molecule has 2 aliphatic carbocycles. The highest BCUT2D eigenvalue weighted by Crippen LogP contribution is 2.64. The SMILES string of the molecule is CC1(C)[C@H]2CC[C@@]1(CS(=O)(=O)NCc1ccc(C#N)cc1)C(=O)C2. The van der Waals surface area contributed by atoms with Crippen molar-refractivity contribution in [3.8, 4) is 6.07 Å². The van der Waals surface area contributed by atoms with Crippen molar-refractivity contribution in [3.63, 3.8) is 0 Å². The summed E-state index contributed by atoms with van der Waals surface area (Å²) >= 11 is 0. The highest BCUT2D eigenvalue weighted by Gasteiger charge is 2.65. The van der Waals surface area contributed by atoms with E-state index in [-0.39, 0.29) is 23.5 Å². The van der Waals surface area contributed by atoms with E-state index in [1.807, 2.05) is 19.9 Å². The molecule has 2 aliphatic rings. The first-order chi connectivity index (χ1) is 11.2. The summed E-state index contributed by atoms with van der Waals surface area (Å²) in [5.74, 6) is 0.282. The van der Waals surface area contributed by atoms with Crippen LogP contribution in [0.15, 0.2) is 24.3 Å². The molecule has 1 aromatic carbocycles. The Kier molecular flexibility index (Phi) is 4.05. The number of nitrogens with zero attached hydrogens (tertiary/aromatic N) is 1. The quantitative estimate of drug-likeness (QED) is 0.887. The molecule has 0 aliphatic heterocycles. The molecule has 1 N–H and O–H groups in total. The van der Waals surface area contributed by atoms with Crippen molar-refractivity contribution in [2.75, 3.05) is 5.75 Å². The molecule has 0 heterocycles. The average molecular weight is 346 g/mol. The van der Waals surface area contributed by atoms with Crippen molar-refractivity contribution in [1.82, 2.24) is 4.72 Å². The lowest BCUT2D eigenvalue weighted by molar-refractivity contribution is -0.128. The third-order valence-electron chi connectivity index (χ3n) is 6.15. The summed E-state index contributed by atoms with van der Waals surface area (Å²) in [6.07, 6.45) is 2.11. The van der Waals surface area contributed by atoms with E-state index in [2.05, 4.69) is 4.72 Å². The molecule has 128 valence electrons. The largest absolute Gasteiger partial charge is 0.299 e. The van der Waals surface area contributed by atoms with Crippen LogP contribution in [0.1, 0.15) is 44.2 Å². The number of carbonyl (C=O) groups excluding carboxylic acids is 1. The number of ketones is 1. The Morgan fingerprint density at radius 3 is 2.46 bits per heavy atom. The van der Waals surface area contributed by atoms with Crippen LogP contribution < -0.4 is 4.72 Å². The van der Waals surface area contributed by atoms with Crippen molar-refractivity contribution >= 4 is 15.8 Å². The predicted molar refractivity (Wildman–Crippen MR) is 90.3 cm³/mol. The zero-order valence-electron chi connectivity index (χ0n) is 14.0. The molecule has 0 aromatic heterocycles. The van der Waals surface area contributed by atoms with Gasteiger partial charge in [0.25, 0.3) is 0 Å². The molecule has 3 rings (SSSR count). The maximum atomic E-state index is 12.6. The van der Waals surface area contributed by atoms with Gasteiger partial charge >= 0.3 is 0 Å². The monoisotopic (exact) mass is 346 g/mol. The second kappa shape index (κ2) is 5.68. The van der Waals surface area contributed by atoms with Gasteiger partial charge in [-0.05, 0) is 41.9 Å². The van der Waals surface area contributed by atoms with Gasteiger partial charge in [0.2, 0.25) is 10.0 Å². The molecule has 24 heavy (non-hydrogen) atoms. The Morgan fingerprint density at radius 2 is 1.96 bits per heavy atom. The summed E-state index contributed by atoms with van der Waals surface area (Å²) in [7, 11) is -3.56. The van der Waals surface area contributed by atoms with Gasteiger partial charge in [-0.2, -0.15) is 5.26 Å². The summed E-state index contributed by atoms with van der Waals surface area (Å²) in [4.78, 5) is 12.5. The van der Waals surface area contributed by atoms with Gasteiger partial charge in [-0.3, -0.25) is 4.79 Å². The minimum absolute atomic E-state index is 0.104. The summed E-state index contributed by atoms with van der Waals surface area (Å²) in [5, 5.41) is 8.79. The van der Waals surface area contributed by atoms with Gasteiger partial charge in [0.15, 0.2) is 0 Å². The van der Waals surface area contributed by atoms with Gasteiger partial charge in [0.1, 0.15) is 5.78 Å². The molecule has 0 amide bonds. The van der Waals surface area contributed by atoms with Gasteiger partial charge in [-0.1, -0.05) is 26.0 Å². The maximum absolute atomic E-state index is 12.6. The minimum atomic E-state index is -3.56. The van der Waals surface area contributed by atoms with E-state index in [1.54, 1.807) is 24.3 Å². The topological polar surface area (TPSA) is 87.0 Å². The van der Waals surface area contributed by atoms with E-state index in [9.17, 15) is 13.2 Å². The summed E-state index contributed by atoms with van der Waals surface area (Å²) < 4.78 is 27.8. The van der Waals surface area contributed by atoms with Crippen LogP contribution in [0.4, 0.5) is 0 Å². The second-order valence-electron chi connectivity index (χ2n) is 7.56. The van der Waals surface area contributed by atoms with Gasteiger partial charge < -0.3 is 0 Å². The third-order valence-corrected chi connectivity index (χ3v) is 7.61. The second-order valence-corrected chi connectivity index (χ2v) is 9.36. The van der Waals surface area contributed by atoms with Crippen LogP contribution in [0, 0.1) is 28.1 Å².